The molecule has 1 rings (SSSR count). The van der Waals surface area contributed by atoms with Gasteiger partial charge in [-0.3, -0.25) is 0 Å². The summed E-state index contributed by atoms with van der Waals surface area (Å²) in [5.74, 6) is -0.402. The van der Waals surface area contributed by atoms with Crippen LogP contribution in [0, 0.1) is 5.82 Å². The molecule has 0 spiro atoms. The van der Waals surface area contributed by atoms with Gasteiger partial charge in [-0.05, 0) is 38.5 Å². The lowest BCUT2D eigenvalue weighted by Gasteiger charge is -2.19. The maximum atomic E-state index is 13.5. The summed E-state index contributed by atoms with van der Waals surface area (Å²) in [4.78, 5) is 21.8. The molecule has 7 heteroatoms. The Bertz CT molecular complexity index is 542. The number of amides is 1. The Morgan fingerprint density at radius 3 is 2.67 bits per heavy atom. The maximum Gasteiger partial charge on any atom is 0.407 e. The van der Waals surface area contributed by atoms with E-state index in [1.165, 1.54) is 18.2 Å². The minimum atomic E-state index is -0.540. The van der Waals surface area contributed by atoms with Gasteiger partial charge in [0.25, 0.3) is 0 Å². The standard InChI is InChI=1S/C17H24FNO5/c1-17(2,3)24-16(21)19-7-9-22-10-11-23-15-12-13(6-8-20)4-5-14(15)18/h4-5,8,12H,6-7,9-11H2,1-3H3,(H,19,21). The highest BCUT2D eigenvalue weighted by atomic mass is 19.1. The highest BCUT2D eigenvalue weighted by molar-refractivity contribution is 5.67. The molecule has 1 aromatic carbocycles. The van der Waals surface area contributed by atoms with Crippen LogP contribution < -0.4 is 10.1 Å². The average Bonchev–Trinajstić information content (AvgIpc) is 2.47. The topological polar surface area (TPSA) is 73.9 Å². The lowest BCUT2D eigenvalue weighted by molar-refractivity contribution is -0.107. The van der Waals surface area contributed by atoms with Gasteiger partial charge in [-0.15, -0.1) is 0 Å². The number of carbonyl (C=O) groups excluding carboxylic acids is 2. The molecule has 0 saturated carbocycles. The zero-order chi connectivity index (χ0) is 18.0. The molecule has 0 aliphatic carbocycles. The number of benzene rings is 1. The molecule has 0 aliphatic rings. The van der Waals surface area contributed by atoms with E-state index < -0.39 is 17.5 Å². The summed E-state index contributed by atoms with van der Waals surface area (Å²) in [6.45, 7) is 6.34. The number of hydrogen-bond donors (Lipinski definition) is 1. The maximum absolute atomic E-state index is 13.5. The number of rotatable bonds is 9. The SMILES string of the molecule is CC(C)(C)OC(=O)NCCOCCOc1cc(CC=O)ccc1F. The molecule has 0 heterocycles. The van der Waals surface area contributed by atoms with Gasteiger partial charge in [-0.25, -0.2) is 9.18 Å². The fourth-order valence-corrected chi connectivity index (χ4v) is 1.73. The Morgan fingerprint density at radius 2 is 2.00 bits per heavy atom. The van der Waals surface area contributed by atoms with Crippen molar-refractivity contribution in [3.63, 3.8) is 0 Å². The van der Waals surface area contributed by atoms with Crippen molar-refractivity contribution in [3.8, 4) is 5.75 Å². The molecular formula is C17H24FNO5. The van der Waals surface area contributed by atoms with Crippen LogP contribution in [0.25, 0.3) is 0 Å². The summed E-state index contributed by atoms with van der Waals surface area (Å²) in [7, 11) is 0. The molecule has 24 heavy (non-hydrogen) atoms. The predicted octanol–water partition coefficient (Wildman–Crippen LogP) is 2.49. The smallest absolute Gasteiger partial charge is 0.407 e. The highest BCUT2D eigenvalue weighted by Crippen LogP contribution is 2.18. The molecule has 1 amide bonds. The van der Waals surface area contributed by atoms with Gasteiger partial charge in [0.15, 0.2) is 11.6 Å². The van der Waals surface area contributed by atoms with Crippen LogP contribution in [-0.4, -0.2) is 44.3 Å². The third-order valence-electron chi connectivity index (χ3n) is 2.71. The van der Waals surface area contributed by atoms with Crippen molar-refractivity contribution in [2.24, 2.45) is 0 Å². The fraction of sp³-hybridized carbons (Fsp3) is 0.529. The molecule has 0 bridgehead atoms. The largest absolute Gasteiger partial charge is 0.488 e. The van der Waals surface area contributed by atoms with E-state index in [0.29, 0.717) is 12.1 Å². The molecule has 1 N–H and O–H groups in total. The number of halogens is 1. The Hall–Kier alpha value is -2.15. The molecule has 0 atom stereocenters. The molecule has 0 saturated heterocycles. The third-order valence-corrected chi connectivity index (χ3v) is 2.71. The van der Waals surface area contributed by atoms with Gasteiger partial charge < -0.3 is 24.3 Å². The number of carbonyl (C=O) groups is 2. The third kappa shape index (κ3) is 8.47. The van der Waals surface area contributed by atoms with E-state index in [-0.39, 0.29) is 32.0 Å². The highest BCUT2D eigenvalue weighted by Gasteiger charge is 2.15. The summed E-state index contributed by atoms with van der Waals surface area (Å²) in [5.41, 5.74) is 0.144. The molecule has 0 fully saturated rings. The van der Waals surface area contributed by atoms with Crippen LogP contribution in [0.4, 0.5) is 9.18 Å². The summed E-state index contributed by atoms with van der Waals surface area (Å²) in [6.07, 6.45) is 0.456. The molecule has 0 unspecified atom stereocenters. The molecule has 0 radical (unpaired) electrons. The van der Waals surface area contributed by atoms with Crippen molar-refractivity contribution in [3.05, 3.63) is 29.6 Å². The molecule has 134 valence electrons. The number of alkyl carbamates (subject to hydrolysis) is 1. The van der Waals surface area contributed by atoms with Crippen LogP contribution in [0.5, 0.6) is 5.75 Å². The van der Waals surface area contributed by atoms with Gasteiger partial charge >= 0.3 is 6.09 Å². The van der Waals surface area contributed by atoms with E-state index in [9.17, 15) is 14.0 Å². The second kappa shape index (κ2) is 9.87. The predicted molar refractivity (Wildman–Crippen MR) is 86.7 cm³/mol. The molecule has 6 nitrogen and oxygen atoms in total. The van der Waals surface area contributed by atoms with E-state index >= 15 is 0 Å². The fourth-order valence-electron chi connectivity index (χ4n) is 1.73. The van der Waals surface area contributed by atoms with Crippen LogP contribution in [0.1, 0.15) is 26.3 Å². The number of ether oxygens (including phenoxy) is 3. The van der Waals surface area contributed by atoms with Crippen LogP contribution in [0.2, 0.25) is 0 Å². The van der Waals surface area contributed by atoms with E-state index in [1.807, 2.05) is 0 Å². The zero-order valence-corrected chi connectivity index (χ0v) is 14.3. The number of nitrogens with one attached hydrogen (secondary N) is 1. The number of hydrogen-bond acceptors (Lipinski definition) is 5. The first-order valence-electron chi connectivity index (χ1n) is 7.71. The van der Waals surface area contributed by atoms with Gasteiger partial charge in [0.05, 0.1) is 13.2 Å². The van der Waals surface area contributed by atoms with Crippen LogP contribution in [-0.2, 0) is 20.7 Å². The Labute approximate surface area is 141 Å². The summed E-state index contributed by atoms with van der Waals surface area (Å²) in [6, 6.07) is 4.29. The Morgan fingerprint density at radius 1 is 1.25 bits per heavy atom. The van der Waals surface area contributed by atoms with E-state index in [2.05, 4.69) is 5.32 Å². The summed E-state index contributed by atoms with van der Waals surface area (Å²) in [5, 5.41) is 2.56. The average molecular weight is 341 g/mol. The van der Waals surface area contributed by atoms with Crippen molar-refractivity contribution in [2.45, 2.75) is 32.8 Å². The van der Waals surface area contributed by atoms with Crippen molar-refractivity contribution in [1.29, 1.82) is 0 Å². The van der Waals surface area contributed by atoms with Gasteiger partial charge in [0.2, 0.25) is 0 Å². The monoisotopic (exact) mass is 341 g/mol. The second-order valence-electron chi connectivity index (χ2n) is 6.03. The van der Waals surface area contributed by atoms with Crippen LogP contribution in [0.3, 0.4) is 0 Å². The van der Waals surface area contributed by atoms with Crippen molar-refractivity contribution >= 4 is 12.4 Å². The van der Waals surface area contributed by atoms with Gasteiger partial charge in [0.1, 0.15) is 18.5 Å². The van der Waals surface area contributed by atoms with Crippen LogP contribution in [0.15, 0.2) is 18.2 Å². The molecule has 1 aromatic rings. The Balaban J connectivity index is 2.17. The minimum Gasteiger partial charge on any atom is -0.488 e. The summed E-state index contributed by atoms with van der Waals surface area (Å²) < 4.78 is 29.2. The first-order chi connectivity index (χ1) is 11.3. The minimum absolute atomic E-state index is 0.0878. The first kappa shape index (κ1) is 19.9. The van der Waals surface area contributed by atoms with Crippen molar-refractivity contribution in [1.82, 2.24) is 5.32 Å². The lowest BCUT2D eigenvalue weighted by Crippen LogP contribution is -2.34. The molecule has 0 aromatic heterocycles. The van der Waals surface area contributed by atoms with Gasteiger partial charge in [0, 0.05) is 13.0 Å². The van der Waals surface area contributed by atoms with Crippen LogP contribution >= 0.6 is 0 Å². The lowest BCUT2D eigenvalue weighted by atomic mass is 10.1. The quantitative estimate of drug-likeness (QED) is 0.552. The van der Waals surface area contributed by atoms with Crippen molar-refractivity contribution in [2.75, 3.05) is 26.4 Å². The number of aldehydes is 1. The van der Waals surface area contributed by atoms with Gasteiger partial charge in [-0.1, -0.05) is 6.07 Å². The molecular weight excluding hydrogens is 317 g/mol. The zero-order valence-electron chi connectivity index (χ0n) is 14.3. The normalized spacial score (nSPS) is 11.0. The van der Waals surface area contributed by atoms with Gasteiger partial charge in [-0.2, -0.15) is 0 Å². The summed E-state index contributed by atoms with van der Waals surface area (Å²) >= 11 is 0. The van der Waals surface area contributed by atoms with E-state index in [1.54, 1.807) is 20.8 Å². The molecule has 0 aliphatic heterocycles. The first-order valence-corrected chi connectivity index (χ1v) is 7.71. The van der Waals surface area contributed by atoms with Crippen molar-refractivity contribution < 1.29 is 28.2 Å². The Kier molecular flexibility index (Phi) is 8.18. The second-order valence-corrected chi connectivity index (χ2v) is 6.03. The van der Waals surface area contributed by atoms with E-state index in [4.69, 9.17) is 14.2 Å². The van der Waals surface area contributed by atoms with E-state index in [0.717, 1.165) is 6.29 Å².